The molecule has 1 aromatic carbocycles. The quantitative estimate of drug-likeness (QED) is 0.810. The van der Waals surface area contributed by atoms with Gasteiger partial charge in [0.1, 0.15) is 0 Å². The van der Waals surface area contributed by atoms with Crippen molar-refractivity contribution in [3.8, 4) is 0 Å². The van der Waals surface area contributed by atoms with Gasteiger partial charge in [-0.3, -0.25) is 0 Å². The Morgan fingerprint density at radius 3 is 2.59 bits per heavy atom. The first-order chi connectivity index (χ1) is 7.84. The minimum atomic E-state index is -3.96. The molecule has 2 rings (SSSR count). The van der Waals surface area contributed by atoms with Crippen molar-refractivity contribution in [2.24, 2.45) is 0 Å². The third kappa shape index (κ3) is 2.42. The molecule has 0 fully saturated rings. The van der Waals surface area contributed by atoms with Crippen LogP contribution in [0, 0.1) is 0 Å². The van der Waals surface area contributed by atoms with Crippen LogP contribution < -0.4 is 5.32 Å². The van der Waals surface area contributed by atoms with Gasteiger partial charge in [-0.15, -0.1) is 0 Å². The Morgan fingerprint density at radius 2 is 1.94 bits per heavy atom. The summed E-state index contributed by atoms with van der Waals surface area (Å²) in [5, 5.41) is 3.11. The lowest BCUT2D eigenvalue weighted by molar-refractivity contribution is 0.588. The van der Waals surface area contributed by atoms with E-state index in [4.69, 9.17) is 34.8 Å². The highest BCUT2D eigenvalue weighted by Gasteiger charge is 2.41. The molecule has 1 heterocycles. The SMILES string of the molecule is O=S(=O)(c1cccc2c1CNCC2)C(Cl)(Cl)Cl. The zero-order valence-corrected chi connectivity index (χ0v) is 11.8. The lowest BCUT2D eigenvalue weighted by Crippen LogP contribution is -2.28. The molecule has 0 amide bonds. The van der Waals surface area contributed by atoms with Crippen LogP contribution in [0.3, 0.4) is 0 Å². The van der Waals surface area contributed by atoms with Crippen molar-refractivity contribution in [3.63, 3.8) is 0 Å². The molecule has 0 radical (unpaired) electrons. The summed E-state index contributed by atoms with van der Waals surface area (Å²) in [6.45, 7) is 1.30. The van der Waals surface area contributed by atoms with Crippen LogP contribution in [0.1, 0.15) is 11.1 Å². The molecule has 0 bridgehead atoms. The summed E-state index contributed by atoms with van der Waals surface area (Å²) < 4.78 is 21.9. The highest BCUT2D eigenvalue weighted by atomic mass is 35.6. The number of benzene rings is 1. The summed E-state index contributed by atoms with van der Waals surface area (Å²) in [6, 6.07) is 5.05. The molecular formula is C10H10Cl3NO2S. The van der Waals surface area contributed by atoms with Crippen LogP contribution in [-0.4, -0.2) is 18.1 Å². The summed E-state index contributed by atoms with van der Waals surface area (Å²) in [6.07, 6.45) is 0.776. The predicted octanol–water partition coefficient (Wildman–Crippen LogP) is 2.43. The maximum Gasteiger partial charge on any atom is 0.296 e. The monoisotopic (exact) mass is 313 g/mol. The van der Waals surface area contributed by atoms with E-state index in [2.05, 4.69) is 5.32 Å². The lowest BCUT2D eigenvalue weighted by Gasteiger charge is -2.22. The second-order valence-electron chi connectivity index (χ2n) is 3.77. The second-order valence-corrected chi connectivity index (χ2v) is 8.78. The van der Waals surface area contributed by atoms with Crippen molar-refractivity contribution in [2.45, 2.75) is 21.0 Å². The zero-order valence-electron chi connectivity index (χ0n) is 8.71. The van der Waals surface area contributed by atoms with Gasteiger partial charge in [0.05, 0.1) is 4.90 Å². The Balaban J connectivity index is 2.61. The standard InChI is InChI=1S/C10H10Cl3NO2S/c11-10(12,13)17(15,16)9-3-1-2-7-4-5-14-6-8(7)9/h1-3,14H,4-6H2. The van der Waals surface area contributed by atoms with Gasteiger partial charge in [-0.25, -0.2) is 8.42 Å². The molecule has 0 aliphatic carbocycles. The lowest BCUT2D eigenvalue weighted by atomic mass is 10.0. The molecule has 94 valence electrons. The molecule has 1 aliphatic rings. The Hall–Kier alpha value is -0.000000000000000111. The third-order valence-electron chi connectivity index (χ3n) is 2.70. The molecule has 3 nitrogen and oxygen atoms in total. The summed E-state index contributed by atoms with van der Waals surface area (Å²) in [5.74, 6) is 0. The van der Waals surface area contributed by atoms with Gasteiger partial charge in [0.25, 0.3) is 3.12 Å². The molecule has 17 heavy (non-hydrogen) atoms. The van der Waals surface area contributed by atoms with E-state index in [9.17, 15) is 8.42 Å². The van der Waals surface area contributed by atoms with Crippen LogP contribution in [-0.2, 0) is 22.8 Å². The van der Waals surface area contributed by atoms with Crippen LogP contribution in [0.5, 0.6) is 0 Å². The van der Waals surface area contributed by atoms with Gasteiger partial charge in [-0.2, -0.15) is 0 Å². The Bertz CT molecular complexity index is 537. The van der Waals surface area contributed by atoms with Crippen molar-refractivity contribution >= 4 is 44.6 Å². The summed E-state index contributed by atoms with van der Waals surface area (Å²) >= 11 is 16.6. The first-order valence-corrected chi connectivity index (χ1v) is 7.58. The van der Waals surface area contributed by atoms with Crippen LogP contribution >= 0.6 is 34.8 Å². The van der Waals surface area contributed by atoms with Gasteiger partial charge in [0, 0.05) is 6.54 Å². The van der Waals surface area contributed by atoms with Gasteiger partial charge < -0.3 is 5.32 Å². The molecular weight excluding hydrogens is 305 g/mol. The fourth-order valence-corrected chi connectivity index (χ4v) is 3.64. The average molecular weight is 315 g/mol. The summed E-state index contributed by atoms with van der Waals surface area (Å²) in [4.78, 5) is 0.0993. The molecule has 0 aromatic heterocycles. The highest BCUT2D eigenvalue weighted by molar-refractivity contribution is 7.97. The Labute approximate surface area is 115 Å². The summed E-state index contributed by atoms with van der Waals surface area (Å²) in [5.41, 5.74) is 1.68. The number of halogens is 3. The minimum absolute atomic E-state index is 0.0993. The number of hydrogen-bond donors (Lipinski definition) is 1. The van der Waals surface area contributed by atoms with E-state index in [0.717, 1.165) is 18.5 Å². The minimum Gasteiger partial charge on any atom is -0.312 e. The maximum atomic E-state index is 12.1. The highest BCUT2D eigenvalue weighted by Crippen LogP contribution is 2.39. The fraction of sp³-hybridized carbons (Fsp3) is 0.400. The van der Waals surface area contributed by atoms with Gasteiger partial charge in [0.2, 0.25) is 9.84 Å². The van der Waals surface area contributed by atoms with E-state index in [0.29, 0.717) is 12.1 Å². The van der Waals surface area contributed by atoms with Crippen molar-refractivity contribution in [1.29, 1.82) is 0 Å². The molecule has 0 atom stereocenters. The summed E-state index contributed by atoms with van der Waals surface area (Å²) in [7, 11) is -3.96. The molecule has 7 heteroatoms. The van der Waals surface area contributed by atoms with Crippen LogP contribution in [0.2, 0.25) is 0 Å². The third-order valence-corrected chi connectivity index (χ3v) is 6.10. The van der Waals surface area contributed by atoms with E-state index in [1.54, 1.807) is 6.07 Å². The van der Waals surface area contributed by atoms with Crippen LogP contribution in [0.4, 0.5) is 0 Å². The smallest absolute Gasteiger partial charge is 0.296 e. The van der Waals surface area contributed by atoms with Gasteiger partial charge in [-0.1, -0.05) is 46.9 Å². The van der Waals surface area contributed by atoms with Crippen LogP contribution in [0.15, 0.2) is 23.1 Å². The number of nitrogens with one attached hydrogen (secondary N) is 1. The molecule has 1 N–H and O–H groups in total. The number of sulfone groups is 1. The largest absolute Gasteiger partial charge is 0.312 e. The van der Waals surface area contributed by atoms with Crippen molar-refractivity contribution in [1.82, 2.24) is 5.32 Å². The van der Waals surface area contributed by atoms with E-state index in [-0.39, 0.29) is 4.90 Å². The van der Waals surface area contributed by atoms with E-state index in [1.807, 2.05) is 6.07 Å². The Morgan fingerprint density at radius 1 is 1.24 bits per heavy atom. The van der Waals surface area contributed by atoms with Gasteiger partial charge in [-0.05, 0) is 30.2 Å². The first kappa shape index (κ1) is 13.4. The van der Waals surface area contributed by atoms with E-state index >= 15 is 0 Å². The van der Waals surface area contributed by atoms with Gasteiger partial charge >= 0.3 is 0 Å². The number of alkyl halides is 3. The normalized spacial score (nSPS) is 16.6. The number of rotatable bonds is 1. The van der Waals surface area contributed by atoms with E-state index < -0.39 is 13.0 Å². The molecule has 1 aliphatic heterocycles. The number of hydrogen-bond acceptors (Lipinski definition) is 3. The maximum absolute atomic E-state index is 12.1. The van der Waals surface area contributed by atoms with Crippen molar-refractivity contribution in [3.05, 3.63) is 29.3 Å². The molecule has 0 unspecified atom stereocenters. The molecule has 0 spiro atoms. The average Bonchev–Trinajstić information content (AvgIpc) is 2.26. The molecule has 1 aromatic rings. The van der Waals surface area contributed by atoms with Gasteiger partial charge in [0.15, 0.2) is 0 Å². The Kier molecular flexibility index (Phi) is 3.63. The molecule has 0 saturated carbocycles. The second kappa shape index (κ2) is 4.59. The fourth-order valence-electron chi connectivity index (χ4n) is 1.86. The predicted molar refractivity (Wildman–Crippen MR) is 69.3 cm³/mol. The van der Waals surface area contributed by atoms with Crippen molar-refractivity contribution in [2.75, 3.05) is 6.54 Å². The number of fused-ring (bicyclic) bond motifs is 1. The van der Waals surface area contributed by atoms with Crippen LogP contribution in [0.25, 0.3) is 0 Å². The van der Waals surface area contributed by atoms with E-state index in [1.165, 1.54) is 6.07 Å². The first-order valence-electron chi connectivity index (χ1n) is 4.97. The van der Waals surface area contributed by atoms with Crippen molar-refractivity contribution < 1.29 is 8.42 Å². The zero-order chi connectivity index (χ0) is 12.7. The molecule has 0 saturated heterocycles. The topological polar surface area (TPSA) is 46.2 Å².